The molecule has 3 saturated carbocycles. The maximum absolute atomic E-state index is 11.8. The van der Waals surface area contributed by atoms with E-state index in [2.05, 4.69) is 19.9 Å². The summed E-state index contributed by atoms with van der Waals surface area (Å²) in [4.78, 5) is 11.8. The normalized spacial score (nSPS) is 56.7. The minimum atomic E-state index is -0.578. The third kappa shape index (κ3) is 1.67. The van der Waals surface area contributed by atoms with Crippen LogP contribution in [0.4, 0.5) is 0 Å². The molecule has 4 bridgehead atoms. The first kappa shape index (κ1) is 14.5. The second-order valence-corrected chi connectivity index (χ2v) is 9.37. The van der Waals surface area contributed by atoms with Crippen molar-refractivity contribution < 1.29 is 14.6 Å². The van der Waals surface area contributed by atoms with Crippen molar-refractivity contribution in [2.45, 2.75) is 71.0 Å². The molecule has 3 nitrogen and oxygen atoms in total. The van der Waals surface area contributed by atoms with Gasteiger partial charge in [0, 0.05) is 0 Å². The zero-order valence-corrected chi connectivity index (χ0v) is 14.3. The van der Waals surface area contributed by atoms with Crippen LogP contribution in [0.5, 0.6) is 0 Å². The zero-order chi connectivity index (χ0) is 16.0. The summed E-state index contributed by atoms with van der Waals surface area (Å²) in [6.45, 7) is 4.75. The fraction of sp³-hybridized carbons (Fsp3) is 0.850. The van der Waals surface area contributed by atoms with Gasteiger partial charge in [-0.25, -0.2) is 0 Å². The monoisotopic (exact) mass is 316 g/mol. The van der Waals surface area contributed by atoms with Crippen molar-refractivity contribution in [3.05, 3.63) is 11.6 Å². The van der Waals surface area contributed by atoms with Crippen LogP contribution < -0.4 is 0 Å². The molecule has 3 heteroatoms. The number of carboxylic acids is 1. The summed E-state index contributed by atoms with van der Waals surface area (Å²) in [7, 11) is 0. The molecule has 6 aliphatic rings. The number of aliphatic carboxylic acids is 1. The average molecular weight is 316 g/mol. The first-order valence-corrected chi connectivity index (χ1v) is 9.53. The van der Waals surface area contributed by atoms with Crippen molar-refractivity contribution in [3.8, 4) is 0 Å². The highest BCUT2D eigenvalue weighted by atomic mass is 16.5. The third-order valence-corrected chi connectivity index (χ3v) is 8.63. The molecule has 2 heterocycles. The van der Waals surface area contributed by atoms with Gasteiger partial charge in [-0.15, -0.1) is 0 Å². The summed E-state index contributed by atoms with van der Waals surface area (Å²) < 4.78 is 6.58. The summed E-state index contributed by atoms with van der Waals surface area (Å²) in [6.07, 6.45) is 10.8. The standard InChI is InChI=1S/C20H28O3/c1-19-8-7-12-9-11(19)3-4-13-14-5-6-15(18(21)22)20(14,2)10-16(23-12)17(13)19/h9,12-17H,3-8,10H2,1-2H3,(H,21,22)/t12?,13-,14-,15+,16?,17+,19-,20-/m0/s1. The molecule has 0 spiro atoms. The molecule has 0 aromatic rings. The van der Waals surface area contributed by atoms with Crippen molar-refractivity contribution in [2.24, 2.45) is 34.5 Å². The Hall–Kier alpha value is -0.830. The van der Waals surface area contributed by atoms with E-state index in [4.69, 9.17) is 4.74 Å². The van der Waals surface area contributed by atoms with E-state index in [0.717, 1.165) is 25.7 Å². The fourth-order valence-electron chi connectivity index (χ4n) is 7.65. The van der Waals surface area contributed by atoms with Gasteiger partial charge >= 0.3 is 5.97 Å². The van der Waals surface area contributed by atoms with Crippen LogP contribution in [0.15, 0.2) is 11.6 Å². The second kappa shape index (κ2) is 4.41. The third-order valence-electron chi connectivity index (χ3n) is 8.63. The van der Waals surface area contributed by atoms with Gasteiger partial charge in [0.2, 0.25) is 0 Å². The van der Waals surface area contributed by atoms with Gasteiger partial charge in [0.15, 0.2) is 0 Å². The lowest BCUT2D eigenvalue weighted by Gasteiger charge is -2.58. The van der Waals surface area contributed by atoms with E-state index in [-0.39, 0.29) is 23.5 Å². The van der Waals surface area contributed by atoms with Gasteiger partial charge in [-0.3, -0.25) is 4.79 Å². The molecule has 6 rings (SSSR count). The van der Waals surface area contributed by atoms with Crippen LogP contribution in [-0.2, 0) is 9.53 Å². The number of carboxylic acid groups (broad SMARTS) is 1. The number of ether oxygens (including phenoxy) is 1. The van der Waals surface area contributed by atoms with Crippen LogP contribution >= 0.6 is 0 Å². The van der Waals surface area contributed by atoms with Gasteiger partial charge in [-0.1, -0.05) is 25.5 Å². The highest BCUT2D eigenvalue weighted by Gasteiger charge is 2.65. The second-order valence-electron chi connectivity index (χ2n) is 9.37. The molecule has 0 radical (unpaired) electrons. The molecular formula is C20H28O3. The van der Waals surface area contributed by atoms with Crippen molar-refractivity contribution in [3.63, 3.8) is 0 Å². The molecule has 2 aliphatic heterocycles. The minimum Gasteiger partial charge on any atom is -0.481 e. The summed E-state index contributed by atoms with van der Waals surface area (Å²) in [5, 5.41) is 9.75. The van der Waals surface area contributed by atoms with Crippen LogP contribution in [0.25, 0.3) is 0 Å². The molecule has 2 unspecified atom stereocenters. The number of hydrogen-bond donors (Lipinski definition) is 1. The minimum absolute atomic E-state index is 0.0602. The summed E-state index contributed by atoms with van der Waals surface area (Å²) in [5.74, 6) is 1.14. The first-order chi connectivity index (χ1) is 10.9. The number of hydrogen-bond acceptors (Lipinski definition) is 2. The lowest BCUT2D eigenvalue weighted by molar-refractivity contribution is -0.160. The van der Waals surface area contributed by atoms with E-state index >= 15 is 0 Å². The number of fused-ring (bicyclic) bond motifs is 3. The largest absolute Gasteiger partial charge is 0.481 e. The SMILES string of the molecule is C[C@]12CC3OC4C=C5CC[C@@H]([C@@H]1CC[C@@H]2C(=O)O)[C@H]3[C@@]5(C)CC4. The Morgan fingerprint density at radius 1 is 1.26 bits per heavy atom. The molecule has 4 fully saturated rings. The van der Waals surface area contributed by atoms with Crippen LogP contribution in [0.3, 0.4) is 0 Å². The van der Waals surface area contributed by atoms with Crippen LogP contribution in [0.2, 0.25) is 0 Å². The molecule has 0 amide bonds. The Morgan fingerprint density at radius 2 is 2.09 bits per heavy atom. The van der Waals surface area contributed by atoms with E-state index < -0.39 is 5.97 Å². The maximum Gasteiger partial charge on any atom is 0.307 e. The van der Waals surface area contributed by atoms with Gasteiger partial charge in [0.25, 0.3) is 0 Å². The average Bonchev–Trinajstić information content (AvgIpc) is 2.74. The van der Waals surface area contributed by atoms with E-state index in [9.17, 15) is 9.90 Å². The van der Waals surface area contributed by atoms with Crippen molar-refractivity contribution >= 4 is 5.97 Å². The number of rotatable bonds is 1. The molecule has 23 heavy (non-hydrogen) atoms. The van der Waals surface area contributed by atoms with E-state index in [0.29, 0.717) is 23.2 Å². The Balaban J connectivity index is 1.61. The van der Waals surface area contributed by atoms with Crippen molar-refractivity contribution in [1.82, 2.24) is 0 Å². The highest BCUT2D eigenvalue weighted by molar-refractivity contribution is 5.71. The van der Waals surface area contributed by atoms with Crippen molar-refractivity contribution in [1.29, 1.82) is 0 Å². The topological polar surface area (TPSA) is 46.5 Å². The highest BCUT2D eigenvalue weighted by Crippen LogP contribution is 2.68. The molecule has 1 N–H and O–H groups in total. The molecule has 1 saturated heterocycles. The quantitative estimate of drug-likeness (QED) is 0.743. The van der Waals surface area contributed by atoms with Crippen LogP contribution in [0.1, 0.15) is 58.8 Å². The van der Waals surface area contributed by atoms with Crippen molar-refractivity contribution in [2.75, 3.05) is 0 Å². The predicted molar refractivity (Wildman–Crippen MR) is 86.9 cm³/mol. The van der Waals surface area contributed by atoms with Crippen LogP contribution in [0, 0.1) is 34.5 Å². The number of carbonyl (C=O) groups is 1. The molecule has 4 aliphatic carbocycles. The molecule has 0 aromatic heterocycles. The van der Waals surface area contributed by atoms with Gasteiger partial charge in [-0.05, 0) is 73.5 Å². The lowest BCUT2D eigenvalue weighted by atomic mass is 9.46. The van der Waals surface area contributed by atoms with E-state index in [1.165, 1.54) is 19.3 Å². The number of allylic oxidation sites excluding steroid dienone is 1. The fourth-order valence-corrected chi connectivity index (χ4v) is 7.65. The lowest BCUT2D eigenvalue weighted by Crippen LogP contribution is -2.55. The maximum atomic E-state index is 11.8. The van der Waals surface area contributed by atoms with E-state index in [1.54, 1.807) is 5.57 Å². The zero-order valence-electron chi connectivity index (χ0n) is 14.3. The van der Waals surface area contributed by atoms with Gasteiger partial charge in [0.1, 0.15) is 0 Å². The smallest absolute Gasteiger partial charge is 0.307 e. The predicted octanol–water partition coefficient (Wildman–Crippen LogP) is 4.03. The molecular weight excluding hydrogens is 288 g/mol. The Kier molecular flexibility index (Phi) is 2.78. The summed E-state index contributed by atoms with van der Waals surface area (Å²) in [5.41, 5.74) is 1.92. The first-order valence-electron chi connectivity index (χ1n) is 9.53. The van der Waals surface area contributed by atoms with Gasteiger partial charge < -0.3 is 9.84 Å². The molecule has 126 valence electrons. The van der Waals surface area contributed by atoms with Crippen LogP contribution in [-0.4, -0.2) is 23.3 Å². The van der Waals surface area contributed by atoms with Gasteiger partial charge in [0.05, 0.1) is 18.1 Å². The molecule has 0 aromatic carbocycles. The van der Waals surface area contributed by atoms with Gasteiger partial charge in [-0.2, -0.15) is 0 Å². The van der Waals surface area contributed by atoms with E-state index in [1.807, 2.05) is 0 Å². The molecule has 8 atom stereocenters. The Labute approximate surface area is 138 Å². The summed E-state index contributed by atoms with van der Waals surface area (Å²) in [6, 6.07) is 0. The Morgan fingerprint density at radius 3 is 2.87 bits per heavy atom. The Bertz CT molecular complexity index is 596. The summed E-state index contributed by atoms with van der Waals surface area (Å²) >= 11 is 0.